The van der Waals surface area contributed by atoms with Gasteiger partial charge in [0.05, 0.1) is 25.4 Å². The number of benzene rings is 1. The first-order chi connectivity index (χ1) is 11.9. The molecular weight excluding hydrogens is 335 g/mol. The predicted molar refractivity (Wildman–Crippen MR) is 85.2 cm³/mol. The Hall–Kier alpha value is -1.60. The van der Waals surface area contributed by atoms with E-state index in [0.717, 1.165) is 31.7 Å². The van der Waals surface area contributed by atoms with Crippen molar-refractivity contribution in [3.05, 3.63) is 35.4 Å². The number of carbonyl (C=O) groups excluding carboxylic acids is 1. The largest absolute Gasteiger partial charge is 0.416 e. The SMILES string of the molecule is O=C(NCC1(c2cccc(C(F)(F)F)c2)CCCC1)C1COCCO1. The van der Waals surface area contributed by atoms with Gasteiger partial charge in [-0.1, -0.05) is 31.0 Å². The summed E-state index contributed by atoms with van der Waals surface area (Å²) in [5, 5.41) is 2.87. The molecule has 1 aliphatic heterocycles. The number of amides is 1. The van der Waals surface area contributed by atoms with E-state index in [-0.39, 0.29) is 12.5 Å². The van der Waals surface area contributed by atoms with Crippen molar-refractivity contribution in [1.29, 1.82) is 0 Å². The van der Waals surface area contributed by atoms with E-state index in [4.69, 9.17) is 9.47 Å². The van der Waals surface area contributed by atoms with Gasteiger partial charge in [-0.25, -0.2) is 0 Å². The first-order valence-corrected chi connectivity index (χ1v) is 8.56. The van der Waals surface area contributed by atoms with Crippen LogP contribution in [-0.4, -0.2) is 38.4 Å². The molecule has 0 bridgehead atoms. The third kappa shape index (κ3) is 4.15. The van der Waals surface area contributed by atoms with Gasteiger partial charge < -0.3 is 14.8 Å². The maximum Gasteiger partial charge on any atom is 0.416 e. The number of nitrogens with one attached hydrogen (secondary N) is 1. The van der Waals surface area contributed by atoms with E-state index in [1.807, 2.05) is 0 Å². The first kappa shape index (κ1) is 18.2. The van der Waals surface area contributed by atoms with Gasteiger partial charge in [0.15, 0.2) is 6.10 Å². The van der Waals surface area contributed by atoms with Crippen molar-refractivity contribution >= 4 is 5.91 Å². The van der Waals surface area contributed by atoms with Crippen molar-refractivity contribution in [3.8, 4) is 0 Å². The molecule has 2 fully saturated rings. The second-order valence-electron chi connectivity index (χ2n) is 6.72. The summed E-state index contributed by atoms with van der Waals surface area (Å²) in [6, 6.07) is 5.47. The molecule has 1 amide bonds. The molecule has 1 saturated carbocycles. The minimum Gasteiger partial charge on any atom is -0.376 e. The van der Waals surface area contributed by atoms with Crippen LogP contribution >= 0.6 is 0 Å². The molecule has 1 unspecified atom stereocenters. The van der Waals surface area contributed by atoms with Crippen LogP contribution in [0, 0.1) is 0 Å². The van der Waals surface area contributed by atoms with Crippen LogP contribution in [0.4, 0.5) is 13.2 Å². The lowest BCUT2D eigenvalue weighted by Crippen LogP contribution is -2.47. The normalized spacial score (nSPS) is 23.4. The van der Waals surface area contributed by atoms with Crippen LogP contribution in [0.5, 0.6) is 0 Å². The number of hydrogen-bond donors (Lipinski definition) is 1. The molecule has 4 nitrogen and oxygen atoms in total. The van der Waals surface area contributed by atoms with Crippen molar-refractivity contribution in [3.63, 3.8) is 0 Å². The molecule has 1 N–H and O–H groups in total. The molecule has 0 radical (unpaired) electrons. The summed E-state index contributed by atoms with van der Waals surface area (Å²) in [5.74, 6) is -0.266. The van der Waals surface area contributed by atoms with Gasteiger partial charge in [-0.2, -0.15) is 13.2 Å². The Morgan fingerprint density at radius 1 is 1.24 bits per heavy atom. The molecule has 1 aromatic rings. The topological polar surface area (TPSA) is 47.6 Å². The lowest BCUT2D eigenvalue weighted by atomic mass is 9.78. The van der Waals surface area contributed by atoms with E-state index in [9.17, 15) is 18.0 Å². The number of rotatable bonds is 4. The van der Waals surface area contributed by atoms with Gasteiger partial charge in [-0.3, -0.25) is 4.79 Å². The monoisotopic (exact) mass is 357 g/mol. The van der Waals surface area contributed by atoms with E-state index in [2.05, 4.69) is 5.32 Å². The highest BCUT2D eigenvalue weighted by molar-refractivity contribution is 5.81. The van der Waals surface area contributed by atoms with E-state index in [1.54, 1.807) is 6.07 Å². The molecule has 1 atom stereocenters. The maximum absolute atomic E-state index is 13.0. The zero-order valence-electron chi connectivity index (χ0n) is 13.9. The Morgan fingerprint density at radius 2 is 2.00 bits per heavy atom. The van der Waals surface area contributed by atoms with Gasteiger partial charge in [0.2, 0.25) is 0 Å². The molecule has 2 aliphatic rings. The third-order valence-electron chi connectivity index (χ3n) is 5.07. The molecule has 1 aromatic carbocycles. The number of ether oxygens (including phenoxy) is 2. The van der Waals surface area contributed by atoms with E-state index < -0.39 is 23.3 Å². The Kier molecular flexibility index (Phi) is 5.34. The first-order valence-electron chi connectivity index (χ1n) is 8.56. The molecule has 3 rings (SSSR count). The summed E-state index contributed by atoms with van der Waals surface area (Å²) >= 11 is 0. The fourth-order valence-electron chi connectivity index (χ4n) is 3.65. The van der Waals surface area contributed by atoms with Crippen molar-refractivity contribution in [2.75, 3.05) is 26.4 Å². The summed E-state index contributed by atoms with van der Waals surface area (Å²) in [4.78, 5) is 12.3. The lowest BCUT2D eigenvalue weighted by Gasteiger charge is -2.32. The number of alkyl halides is 3. The van der Waals surface area contributed by atoms with Gasteiger partial charge >= 0.3 is 6.18 Å². The van der Waals surface area contributed by atoms with E-state index >= 15 is 0 Å². The molecule has 7 heteroatoms. The second kappa shape index (κ2) is 7.33. The van der Waals surface area contributed by atoms with Crippen LogP contribution in [0.25, 0.3) is 0 Å². The van der Waals surface area contributed by atoms with Crippen LogP contribution < -0.4 is 5.32 Å². The quantitative estimate of drug-likeness (QED) is 0.901. The molecule has 0 aromatic heterocycles. The van der Waals surface area contributed by atoms with Gasteiger partial charge in [-0.05, 0) is 24.5 Å². The highest BCUT2D eigenvalue weighted by Gasteiger charge is 2.39. The molecule has 0 spiro atoms. The molecular formula is C18H22F3NO3. The third-order valence-corrected chi connectivity index (χ3v) is 5.07. The van der Waals surface area contributed by atoms with Crippen LogP contribution in [0.15, 0.2) is 24.3 Å². The van der Waals surface area contributed by atoms with E-state index in [1.165, 1.54) is 12.1 Å². The van der Waals surface area contributed by atoms with Gasteiger partial charge in [0, 0.05) is 12.0 Å². The Balaban J connectivity index is 1.74. The summed E-state index contributed by atoms with van der Waals surface area (Å²) in [5.41, 5.74) is -0.459. The summed E-state index contributed by atoms with van der Waals surface area (Å²) in [6.07, 6.45) is -1.61. The highest BCUT2D eigenvalue weighted by Crippen LogP contribution is 2.42. The second-order valence-corrected chi connectivity index (χ2v) is 6.72. The van der Waals surface area contributed by atoms with Crippen LogP contribution in [-0.2, 0) is 25.9 Å². The number of halogens is 3. The van der Waals surface area contributed by atoms with Gasteiger partial charge in [-0.15, -0.1) is 0 Å². The molecule has 138 valence electrons. The van der Waals surface area contributed by atoms with Crippen molar-refractivity contribution in [2.45, 2.75) is 43.4 Å². The zero-order chi connectivity index (χ0) is 17.9. The minimum atomic E-state index is -4.37. The fourth-order valence-corrected chi connectivity index (χ4v) is 3.65. The molecule has 1 heterocycles. The average Bonchev–Trinajstić information content (AvgIpc) is 3.10. The number of hydrogen-bond acceptors (Lipinski definition) is 3. The molecule has 1 aliphatic carbocycles. The number of carbonyl (C=O) groups is 1. The zero-order valence-corrected chi connectivity index (χ0v) is 13.9. The average molecular weight is 357 g/mol. The van der Waals surface area contributed by atoms with Crippen molar-refractivity contribution in [1.82, 2.24) is 5.32 Å². The highest BCUT2D eigenvalue weighted by atomic mass is 19.4. The summed E-state index contributed by atoms with van der Waals surface area (Å²) in [6.45, 7) is 1.37. The summed E-state index contributed by atoms with van der Waals surface area (Å²) < 4.78 is 49.7. The van der Waals surface area contributed by atoms with Crippen molar-refractivity contribution in [2.24, 2.45) is 0 Å². The molecule has 1 saturated heterocycles. The lowest BCUT2D eigenvalue weighted by molar-refractivity contribution is -0.147. The van der Waals surface area contributed by atoms with Crippen LogP contribution in [0.2, 0.25) is 0 Å². The Bertz CT molecular complexity index is 606. The Labute approximate surface area is 144 Å². The van der Waals surface area contributed by atoms with Crippen LogP contribution in [0.3, 0.4) is 0 Å². The maximum atomic E-state index is 13.0. The minimum absolute atomic E-state index is 0.211. The fraction of sp³-hybridized carbons (Fsp3) is 0.611. The Morgan fingerprint density at radius 3 is 2.64 bits per heavy atom. The standard InChI is InChI=1S/C18H22F3NO3/c19-18(20,21)14-5-3-4-13(10-14)17(6-1-2-7-17)12-22-16(23)15-11-24-8-9-25-15/h3-5,10,15H,1-2,6-9,11-12H2,(H,22,23). The smallest absolute Gasteiger partial charge is 0.376 e. The molecule has 25 heavy (non-hydrogen) atoms. The van der Waals surface area contributed by atoms with Crippen molar-refractivity contribution < 1.29 is 27.4 Å². The van der Waals surface area contributed by atoms with E-state index in [0.29, 0.717) is 25.3 Å². The predicted octanol–water partition coefficient (Wildman–Crippen LogP) is 3.05. The van der Waals surface area contributed by atoms with Gasteiger partial charge in [0.1, 0.15) is 0 Å². The van der Waals surface area contributed by atoms with Crippen LogP contribution in [0.1, 0.15) is 36.8 Å². The van der Waals surface area contributed by atoms with Gasteiger partial charge in [0.25, 0.3) is 5.91 Å². The summed E-state index contributed by atoms with van der Waals surface area (Å²) in [7, 11) is 0.